The van der Waals surface area contributed by atoms with Crippen LogP contribution in [0, 0.1) is 23.2 Å². The van der Waals surface area contributed by atoms with Gasteiger partial charge in [-0.25, -0.2) is 0 Å². The predicted molar refractivity (Wildman–Crippen MR) is 71.9 cm³/mol. The summed E-state index contributed by atoms with van der Waals surface area (Å²) < 4.78 is 0. The van der Waals surface area contributed by atoms with E-state index < -0.39 is 0 Å². The van der Waals surface area contributed by atoms with Gasteiger partial charge in [-0.05, 0) is 55.8 Å². The Morgan fingerprint density at radius 1 is 1.33 bits per heavy atom. The molecule has 3 saturated carbocycles. The standard InChI is InChI=1S/C15H26N2O/c1-2-15(6-3-7-15)9-17-14(18)12-10-4-5-11(8-10)13(12)16/h10-13H,2-9,16H2,1H3,(H,17,18). The van der Waals surface area contributed by atoms with Crippen molar-refractivity contribution in [3.05, 3.63) is 0 Å². The van der Waals surface area contributed by atoms with E-state index in [1.807, 2.05) is 0 Å². The van der Waals surface area contributed by atoms with Crippen molar-refractivity contribution in [2.45, 2.75) is 57.9 Å². The number of hydrogen-bond acceptors (Lipinski definition) is 2. The van der Waals surface area contributed by atoms with Crippen LogP contribution < -0.4 is 11.1 Å². The number of carbonyl (C=O) groups excluding carboxylic acids is 1. The molecule has 3 aliphatic carbocycles. The van der Waals surface area contributed by atoms with Gasteiger partial charge in [0.2, 0.25) is 5.91 Å². The SMILES string of the molecule is CCC1(CNC(=O)C2C3CCC(C3)C2N)CCC1. The summed E-state index contributed by atoms with van der Waals surface area (Å²) in [6.45, 7) is 3.12. The molecule has 0 radical (unpaired) electrons. The Hall–Kier alpha value is -0.570. The van der Waals surface area contributed by atoms with Gasteiger partial charge in [0.1, 0.15) is 0 Å². The van der Waals surface area contributed by atoms with Gasteiger partial charge in [-0.15, -0.1) is 0 Å². The Bertz CT molecular complexity index is 330. The number of nitrogens with one attached hydrogen (secondary N) is 1. The maximum atomic E-state index is 12.4. The Kier molecular flexibility index (Phi) is 3.13. The highest BCUT2D eigenvalue weighted by atomic mass is 16.1. The minimum absolute atomic E-state index is 0.109. The Labute approximate surface area is 110 Å². The van der Waals surface area contributed by atoms with Gasteiger partial charge in [-0.2, -0.15) is 0 Å². The van der Waals surface area contributed by atoms with Crippen molar-refractivity contribution in [1.82, 2.24) is 5.32 Å². The van der Waals surface area contributed by atoms with Crippen molar-refractivity contribution >= 4 is 5.91 Å². The number of carbonyl (C=O) groups is 1. The minimum atomic E-state index is 0.109. The third-order valence-corrected chi connectivity index (χ3v) is 6.09. The number of fused-ring (bicyclic) bond motifs is 2. The van der Waals surface area contributed by atoms with E-state index in [2.05, 4.69) is 12.2 Å². The molecule has 0 heterocycles. The number of nitrogens with two attached hydrogens (primary N) is 1. The molecule has 0 saturated heterocycles. The first-order valence-electron chi connectivity index (χ1n) is 7.68. The molecule has 3 N–H and O–H groups in total. The lowest BCUT2D eigenvalue weighted by Crippen LogP contribution is -2.49. The maximum Gasteiger partial charge on any atom is 0.224 e. The average molecular weight is 250 g/mol. The zero-order valence-electron chi connectivity index (χ0n) is 11.5. The smallest absolute Gasteiger partial charge is 0.224 e. The Morgan fingerprint density at radius 3 is 2.56 bits per heavy atom. The summed E-state index contributed by atoms with van der Waals surface area (Å²) in [5.41, 5.74) is 6.64. The third kappa shape index (κ3) is 1.87. The highest BCUT2D eigenvalue weighted by molar-refractivity contribution is 5.80. The second-order valence-electron chi connectivity index (χ2n) is 6.86. The van der Waals surface area contributed by atoms with Crippen molar-refractivity contribution in [3.8, 4) is 0 Å². The molecular weight excluding hydrogens is 224 g/mol. The first kappa shape index (κ1) is 12.5. The number of amides is 1. The zero-order valence-corrected chi connectivity index (χ0v) is 11.5. The lowest BCUT2D eigenvalue weighted by molar-refractivity contribution is -0.128. The molecule has 3 rings (SSSR count). The van der Waals surface area contributed by atoms with Crippen LogP contribution in [0.25, 0.3) is 0 Å². The molecule has 3 aliphatic rings. The fourth-order valence-electron chi connectivity index (χ4n) is 4.45. The molecule has 18 heavy (non-hydrogen) atoms. The normalized spacial score (nSPS) is 40.6. The summed E-state index contributed by atoms with van der Waals surface area (Å²) >= 11 is 0. The van der Waals surface area contributed by atoms with Crippen molar-refractivity contribution in [3.63, 3.8) is 0 Å². The molecule has 4 atom stereocenters. The highest BCUT2D eigenvalue weighted by Gasteiger charge is 2.49. The second kappa shape index (κ2) is 4.52. The number of rotatable bonds is 4. The summed E-state index contributed by atoms with van der Waals surface area (Å²) in [6, 6.07) is 0.128. The van der Waals surface area contributed by atoms with Crippen LogP contribution >= 0.6 is 0 Å². The van der Waals surface area contributed by atoms with Crippen molar-refractivity contribution in [1.29, 1.82) is 0 Å². The molecule has 3 nitrogen and oxygen atoms in total. The van der Waals surface area contributed by atoms with E-state index in [0.29, 0.717) is 17.3 Å². The number of hydrogen-bond donors (Lipinski definition) is 2. The van der Waals surface area contributed by atoms with Crippen molar-refractivity contribution in [2.24, 2.45) is 28.9 Å². The van der Waals surface area contributed by atoms with Crippen LogP contribution in [0.15, 0.2) is 0 Å². The molecule has 2 bridgehead atoms. The molecule has 0 aliphatic heterocycles. The molecule has 0 spiro atoms. The minimum Gasteiger partial charge on any atom is -0.355 e. The molecule has 3 heteroatoms. The molecular formula is C15H26N2O. The van der Waals surface area contributed by atoms with E-state index in [9.17, 15) is 4.79 Å². The molecule has 102 valence electrons. The molecule has 0 aromatic rings. The van der Waals surface area contributed by atoms with Crippen LogP contribution in [0.2, 0.25) is 0 Å². The van der Waals surface area contributed by atoms with E-state index in [4.69, 9.17) is 5.73 Å². The summed E-state index contributed by atoms with van der Waals surface area (Å²) in [7, 11) is 0. The average Bonchev–Trinajstić information content (AvgIpc) is 2.88. The van der Waals surface area contributed by atoms with E-state index >= 15 is 0 Å². The van der Waals surface area contributed by atoms with Crippen LogP contribution in [0.5, 0.6) is 0 Å². The topological polar surface area (TPSA) is 55.1 Å². The quantitative estimate of drug-likeness (QED) is 0.802. The first-order valence-corrected chi connectivity index (χ1v) is 7.68. The molecule has 0 aromatic carbocycles. The monoisotopic (exact) mass is 250 g/mol. The maximum absolute atomic E-state index is 12.4. The van der Waals surface area contributed by atoms with Gasteiger partial charge in [0.25, 0.3) is 0 Å². The lowest BCUT2D eigenvalue weighted by atomic mass is 9.67. The van der Waals surface area contributed by atoms with Gasteiger partial charge in [0.15, 0.2) is 0 Å². The van der Waals surface area contributed by atoms with Gasteiger partial charge in [-0.1, -0.05) is 13.3 Å². The van der Waals surface area contributed by atoms with Crippen LogP contribution in [0.4, 0.5) is 0 Å². The van der Waals surface area contributed by atoms with Gasteiger partial charge in [0, 0.05) is 12.6 Å². The molecule has 4 unspecified atom stereocenters. The fourth-order valence-corrected chi connectivity index (χ4v) is 4.45. The lowest BCUT2D eigenvalue weighted by Gasteiger charge is -2.42. The summed E-state index contributed by atoms with van der Waals surface area (Å²) in [5, 5.41) is 3.21. The predicted octanol–water partition coefficient (Wildman–Crippen LogP) is 2.06. The van der Waals surface area contributed by atoms with Crippen molar-refractivity contribution < 1.29 is 4.79 Å². The van der Waals surface area contributed by atoms with E-state index in [1.165, 1.54) is 44.9 Å². The second-order valence-corrected chi connectivity index (χ2v) is 6.86. The molecule has 0 aromatic heterocycles. The third-order valence-electron chi connectivity index (χ3n) is 6.09. The summed E-state index contributed by atoms with van der Waals surface area (Å²) in [6.07, 6.45) is 8.74. The van der Waals surface area contributed by atoms with E-state index in [1.54, 1.807) is 0 Å². The summed E-state index contributed by atoms with van der Waals surface area (Å²) in [5.74, 6) is 1.55. The molecule has 1 amide bonds. The van der Waals surface area contributed by atoms with Gasteiger partial charge in [0.05, 0.1) is 5.92 Å². The van der Waals surface area contributed by atoms with Crippen LogP contribution in [-0.2, 0) is 4.79 Å². The van der Waals surface area contributed by atoms with Crippen LogP contribution in [0.1, 0.15) is 51.9 Å². The van der Waals surface area contributed by atoms with Gasteiger partial charge >= 0.3 is 0 Å². The van der Waals surface area contributed by atoms with Crippen LogP contribution in [0.3, 0.4) is 0 Å². The zero-order chi connectivity index (χ0) is 12.8. The Morgan fingerprint density at radius 2 is 2.06 bits per heavy atom. The summed E-state index contributed by atoms with van der Waals surface area (Å²) in [4.78, 5) is 12.4. The van der Waals surface area contributed by atoms with Gasteiger partial charge in [-0.3, -0.25) is 4.79 Å². The fraction of sp³-hybridized carbons (Fsp3) is 0.933. The van der Waals surface area contributed by atoms with Gasteiger partial charge < -0.3 is 11.1 Å². The van der Waals surface area contributed by atoms with Crippen LogP contribution in [-0.4, -0.2) is 18.5 Å². The molecule has 3 fully saturated rings. The van der Waals surface area contributed by atoms with E-state index in [-0.39, 0.29) is 17.9 Å². The highest BCUT2D eigenvalue weighted by Crippen LogP contribution is 2.48. The first-order chi connectivity index (χ1) is 8.65. The Balaban J connectivity index is 1.55. The largest absolute Gasteiger partial charge is 0.355 e. The van der Waals surface area contributed by atoms with Crippen molar-refractivity contribution in [2.75, 3.05) is 6.54 Å². The van der Waals surface area contributed by atoms with E-state index in [0.717, 1.165) is 6.54 Å².